The molecule has 39 heavy (non-hydrogen) atoms. The molecule has 1 unspecified atom stereocenters. The maximum atomic E-state index is 13.3. The lowest BCUT2D eigenvalue weighted by molar-refractivity contribution is 0.0694. The maximum Gasteiger partial charge on any atom is 0.253 e. The van der Waals surface area contributed by atoms with E-state index >= 15 is 0 Å². The molecule has 1 heterocycles. The summed E-state index contributed by atoms with van der Waals surface area (Å²) in [5.41, 5.74) is 1.46. The third kappa shape index (κ3) is 6.78. The van der Waals surface area contributed by atoms with E-state index in [2.05, 4.69) is 20.7 Å². The topological polar surface area (TPSA) is 107 Å². The molecule has 3 N–H and O–H groups in total. The highest BCUT2D eigenvalue weighted by Gasteiger charge is 2.26. The van der Waals surface area contributed by atoms with Gasteiger partial charge in [0, 0.05) is 30.0 Å². The van der Waals surface area contributed by atoms with Gasteiger partial charge in [-0.05, 0) is 76.3 Å². The van der Waals surface area contributed by atoms with Gasteiger partial charge >= 0.3 is 0 Å². The quantitative estimate of drug-likeness (QED) is 0.323. The van der Waals surface area contributed by atoms with Crippen molar-refractivity contribution in [1.82, 2.24) is 14.6 Å². The van der Waals surface area contributed by atoms with Gasteiger partial charge in [-0.15, -0.1) is 0 Å². The molecule has 1 atom stereocenters. The second kappa shape index (κ2) is 11.6. The van der Waals surface area contributed by atoms with E-state index in [9.17, 15) is 19.4 Å². The van der Waals surface area contributed by atoms with Crippen LogP contribution in [0, 0.1) is 24.2 Å². The maximum absolute atomic E-state index is 13.3. The van der Waals surface area contributed by atoms with Crippen molar-refractivity contribution in [2.24, 2.45) is 5.92 Å². The number of rotatable bonds is 9. The largest absolute Gasteiger partial charge is 0.389 e. The smallest absolute Gasteiger partial charge is 0.253 e. The summed E-state index contributed by atoms with van der Waals surface area (Å²) in [5.74, 6) is 0.342. The van der Waals surface area contributed by atoms with Crippen molar-refractivity contribution in [1.29, 1.82) is 5.26 Å². The number of benzene rings is 2. The van der Waals surface area contributed by atoms with Crippen molar-refractivity contribution in [2.75, 3.05) is 6.54 Å². The molecule has 1 aromatic heterocycles. The molecule has 0 radical (unpaired) electrons. The Morgan fingerprint density at radius 1 is 1.10 bits per heavy atom. The summed E-state index contributed by atoms with van der Waals surface area (Å²) in [6, 6.07) is 15.8. The minimum atomic E-state index is -1.59. The molecule has 1 saturated carbocycles. The van der Waals surface area contributed by atoms with Gasteiger partial charge in [-0.3, -0.25) is 4.79 Å². The lowest BCUT2D eigenvalue weighted by atomic mass is 9.89. The van der Waals surface area contributed by atoms with E-state index in [0.717, 1.165) is 34.3 Å². The average molecular weight is 549 g/mol. The zero-order valence-electron chi connectivity index (χ0n) is 23.6. The van der Waals surface area contributed by atoms with Crippen LogP contribution < -0.4 is 10.0 Å². The first-order chi connectivity index (χ1) is 18.4. The number of fused-ring (bicyclic) bond motifs is 1. The fraction of sp³-hybridized carbons (Fsp3) is 0.484. The second-order valence-electron chi connectivity index (χ2n) is 11.9. The molecular formula is C31H40N4O3S. The van der Waals surface area contributed by atoms with Crippen LogP contribution in [0.5, 0.6) is 0 Å². The highest BCUT2D eigenvalue weighted by molar-refractivity contribution is 7.83. The van der Waals surface area contributed by atoms with Crippen LogP contribution in [0.1, 0.15) is 75.9 Å². The van der Waals surface area contributed by atoms with Crippen LogP contribution in [-0.2, 0) is 17.5 Å². The molecule has 4 rings (SSSR count). The zero-order valence-corrected chi connectivity index (χ0v) is 24.5. The van der Waals surface area contributed by atoms with E-state index in [1.54, 1.807) is 27.7 Å². The van der Waals surface area contributed by atoms with Gasteiger partial charge in [0.1, 0.15) is 16.5 Å². The Hall–Kier alpha value is -2.99. The number of hydrogen-bond donors (Lipinski definition) is 3. The predicted octanol–water partition coefficient (Wildman–Crippen LogP) is 5.61. The summed E-state index contributed by atoms with van der Waals surface area (Å²) in [6.07, 6.45) is 6.09. The van der Waals surface area contributed by atoms with Gasteiger partial charge in [-0.2, -0.15) is 5.26 Å². The zero-order chi connectivity index (χ0) is 28.4. The predicted molar refractivity (Wildman–Crippen MR) is 157 cm³/mol. The number of nitrogens with zero attached hydrogens (tertiary/aromatic N) is 2. The van der Waals surface area contributed by atoms with E-state index in [-0.39, 0.29) is 12.5 Å². The SMILES string of the molecule is Cc1c(C(=O)NCC(C)(C)O)cc(-c2ccc(S(=O)NC(C)(C)C#N)c3ccccc23)n1CC1CCCCC1. The van der Waals surface area contributed by atoms with Gasteiger partial charge in [0.25, 0.3) is 5.91 Å². The molecular weight excluding hydrogens is 508 g/mol. The minimum absolute atomic E-state index is 0.157. The van der Waals surface area contributed by atoms with Crippen molar-refractivity contribution in [3.63, 3.8) is 0 Å². The fourth-order valence-electron chi connectivity index (χ4n) is 5.32. The first-order valence-electron chi connectivity index (χ1n) is 13.7. The monoisotopic (exact) mass is 548 g/mol. The van der Waals surface area contributed by atoms with Crippen LogP contribution in [-0.4, -0.2) is 37.5 Å². The van der Waals surface area contributed by atoms with Crippen molar-refractivity contribution in [3.05, 3.63) is 53.7 Å². The molecule has 1 fully saturated rings. The average Bonchev–Trinajstić information content (AvgIpc) is 3.22. The summed E-state index contributed by atoms with van der Waals surface area (Å²) >= 11 is 0. The summed E-state index contributed by atoms with van der Waals surface area (Å²) in [4.78, 5) is 13.9. The number of amides is 1. The third-order valence-electron chi connectivity index (χ3n) is 7.45. The molecule has 0 bridgehead atoms. The lowest BCUT2D eigenvalue weighted by Crippen LogP contribution is -2.38. The Bertz CT molecular complexity index is 1420. The molecule has 7 nitrogen and oxygen atoms in total. The van der Waals surface area contributed by atoms with Crippen LogP contribution >= 0.6 is 0 Å². The minimum Gasteiger partial charge on any atom is -0.389 e. The van der Waals surface area contributed by atoms with Crippen LogP contribution in [0.25, 0.3) is 22.0 Å². The number of hydrogen-bond acceptors (Lipinski definition) is 4. The number of nitriles is 1. The van der Waals surface area contributed by atoms with E-state index < -0.39 is 22.1 Å². The van der Waals surface area contributed by atoms with Crippen LogP contribution in [0.4, 0.5) is 0 Å². The summed E-state index contributed by atoms with van der Waals surface area (Å²) in [6.45, 7) is 9.72. The molecule has 0 saturated heterocycles. The van der Waals surface area contributed by atoms with Crippen LogP contribution in [0.3, 0.4) is 0 Å². The van der Waals surface area contributed by atoms with E-state index in [1.165, 1.54) is 32.1 Å². The molecule has 1 aliphatic rings. The molecule has 3 aromatic rings. The Morgan fingerprint density at radius 3 is 2.41 bits per heavy atom. The van der Waals surface area contributed by atoms with Crippen LogP contribution in [0.2, 0.25) is 0 Å². The van der Waals surface area contributed by atoms with Crippen LogP contribution in [0.15, 0.2) is 47.4 Å². The number of nitrogens with one attached hydrogen (secondary N) is 2. The molecule has 0 aliphatic heterocycles. The van der Waals surface area contributed by atoms with Crippen molar-refractivity contribution in [2.45, 2.75) is 89.3 Å². The van der Waals surface area contributed by atoms with E-state index in [1.807, 2.05) is 49.4 Å². The normalized spacial score (nSPS) is 15.7. The van der Waals surface area contributed by atoms with Crippen molar-refractivity contribution in [3.8, 4) is 17.3 Å². The standard InChI is InChI=1S/C31H40N4O3S/c1-21-26(29(36)33-20-31(4,5)37)17-27(35(21)18-22-11-7-6-8-12-22)24-15-16-28(25-14-10-9-13-23(24)25)39(38)34-30(2,3)19-32/h9-10,13-17,22,34,37H,6-8,11-12,18,20H2,1-5H3,(H,33,36). The second-order valence-corrected chi connectivity index (χ2v) is 13.1. The highest BCUT2D eigenvalue weighted by atomic mass is 32.2. The number of aliphatic hydroxyl groups is 1. The third-order valence-corrected chi connectivity index (χ3v) is 8.90. The molecule has 208 valence electrons. The van der Waals surface area contributed by atoms with E-state index in [0.29, 0.717) is 16.4 Å². The summed E-state index contributed by atoms with van der Waals surface area (Å²) in [7, 11) is -1.59. The Balaban J connectivity index is 1.82. The summed E-state index contributed by atoms with van der Waals surface area (Å²) < 4.78 is 18.5. The Labute approximate surface area is 234 Å². The number of carbonyl (C=O) groups is 1. The van der Waals surface area contributed by atoms with Gasteiger partial charge in [-0.25, -0.2) is 8.93 Å². The first kappa shape index (κ1) is 29.0. The fourth-order valence-corrected chi connectivity index (χ4v) is 6.51. The first-order valence-corrected chi connectivity index (χ1v) is 14.9. The van der Waals surface area contributed by atoms with Gasteiger partial charge < -0.3 is 15.0 Å². The van der Waals surface area contributed by atoms with E-state index in [4.69, 9.17) is 0 Å². The number of carbonyl (C=O) groups excluding carboxylic acids is 1. The molecule has 1 aliphatic carbocycles. The highest BCUT2D eigenvalue weighted by Crippen LogP contribution is 2.36. The van der Waals surface area contributed by atoms with Crippen molar-refractivity contribution < 1.29 is 14.1 Å². The molecule has 1 amide bonds. The van der Waals surface area contributed by atoms with Gasteiger partial charge in [0.2, 0.25) is 0 Å². The van der Waals surface area contributed by atoms with Gasteiger partial charge in [-0.1, -0.05) is 49.6 Å². The molecule has 8 heteroatoms. The molecule has 2 aromatic carbocycles. The van der Waals surface area contributed by atoms with Gasteiger partial charge in [0.05, 0.1) is 22.1 Å². The molecule has 0 spiro atoms. The Kier molecular flexibility index (Phi) is 8.65. The Morgan fingerprint density at radius 2 is 1.77 bits per heavy atom. The summed E-state index contributed by atoms with van der Waals surface area (Å²) in [5, 5.41) is 24.2. The number of aromatic nitrogens is 1. The van der Waals surface area contributed by atoms with Crippen molar-refractivity contribution >= 4 is 27.7 Å². The van der Waals surface area contributed by atoms with Gasteiger partial charge in [0.15, 0.2) is 0 Å². The lowest BCUT2D eigenvalue weighted by Gasteiger charge is -2.25.